The van der Waals surface area contributed by atoms with Crippen molar-refractivity contribution >= 4 is 27.4 Å². The summed E-state index contributed by atoms with van der Waals surface area (Å²) in [5.41, 5.74) is 1.87. The van der Waals surface area contributed by atoms with Crippen molar-refractivity contribution in [2.75, 3.05) is 19.0 Å². The number of rotatable bonds is 5. The highest BCUT2D eigenvalue weighted by Gasteiger charge is 2.14. The fourth-order valence-corrected chi connectivity index (χ4v) is 3.15. The molecule has 108 valence electrons. The van der Waals surface area contributed by atoms with E-state index in [4.69, 9.17) is 4.74 Å². The van der Waals surface area contributed by atoms with Gasteiger partial charge < -0.3 is 10.1 Å². The number of fused-ring (bicyclic) bond motifs is 1. The number of nitrogens with one attached hydrogen (secondary N) is 1. The van der Waals surface area contributed by atoms with Crippen molar-refractivity contribution in [1.82, 2.24) is 15.0 Å². The normalized spacial score (nSPS) is 10.8. The van der Waals surface area contributed by atoms with Crippen LogP contribution in [0.25, 0.3) is 10.2 Å². The van der Waals surface area contributed by atoms with Crippen LogP contribution in [-0.4, -0.2) is 28.6 Å². The number of nitrogens with zero attached hydrogens (tertiary/aromatic N) is 3. The maximum atomic E-state index is 5.46. The molecule has 21 heavy (non-hydrogen) atoms. The van der Waals surface area contributed by atoms with Crippen molar-refractivity contribution in [3.05, 3.63) is 41.3 Å². The Morgan fingerprint density at radius 1 is 1.24 bits per heavy atom. The van der Waals surface area contributed by atoms with E-state index < -0.39 is 0 Å². The number of methoxy groups -OCH3 is 1. The topological polar surface area (TPSA) is 59.9 Å². The first-order chi connectivity index (χ1) is 10.3. The van der Waals surface area contributed by atoms with Gasteiger partial charge in [0.05, 0.1) is 28.0 Å². The number of ether oxygens (including phenoxy) is 1. The van der Waals surface area contributed by atoms with E-state index in [9.17, 15) is 0 Å². The van der Waals surface area contributed by atoms with Crippen LogP contribution in [0.5, 0.6) is 5.75 Å². The Labute approximate surface area is 127 Å². The van der Waals surface area contributed by atoms with Crippen LogP contribution < -0.4 is 10.1 Å². The molecule has 2 aromatic heterocycles. The molecule has 0 unspecified atom stereocenters. The number of aromatic nitrogens is 3. The molecular weight excluding hydrogens is 284 g/mol. The molecule has 0 aliphatic heterocycles. The summed E-state index contributed by atoms with van der Waals surface area (Å²) in [6, 6.07) is 8.13. The largest absolute Gasteiger partial charge is 0.491 e. The molecule has 0 bridgehead atoms. The number of hydrogen-bond donors (Lipinski definition) is 1. The third-order valence-electron chi connectivity index (χ3n) is 3.08. The standard InChI is InChI=1S/C15H16N4OS/c1-3-16-15-14(20-2)11(17-9-18-15)8-13-19-10-6-4-5-7-12(10)21-13/h4-7,9H,3,8H2,1-2H3,(H,16,17,18). The van der Waals surface area contributed by atoms with E-state index in [1.807, 2.05) is 25.1 Å². The lowest BCUT2D eigenvalue weighted by Crippen LogP contribution is -2.06. The number of benzene rings is 1. The molecule has 6 heteroatoms. The van der Waals surface area contributed by atoms with E-state index in [-0.39, 0.29) is 0 Å². The molecule has 0 saturated heterocycles. The van der Waals surface area contributed by atoms with Crippen molar-refractivity contribution in [1.29, 1.82) is 0 Å². The summed E-state index contributed by atoms with van der Waals surface area (Å²) in [5.74, 6) is 1.42. The van der Waals surface area contributed by atoms with Crippen molar-refractivity contribution in [3.8, 4) is 5.75 Å². The quantitative estimate of drug-likeness (QED) is 0.784. The van der Waals surface area contributed by atoms with Gasteiger partial charge in [-0.1, -0.05) is 12.1 Å². The Morgan fingerprint density at radius 3 is 2.86 bits per heavy atom. The second kappa shape index (κ2) is 6.05. The Balaban J connectivity index is 1.95. The van der Waals surface area contributed by atoms with Crippen molar-refractivity contribution < 1.29 is 4.74 Å². The molecule has 0 aliphatic rings. The highest BCUT2D eigenvalue weighted by molar-refractivity contribution is 7.18. The molecule has 3 aromatic rings. The zero-order chi connectivity index (χ0) is 14.7. The van der Waals surface area contributed by atoms with E-state index in [2.05, 4.69) is 26.3 Å². The second-order valence-corrected chi connectivity index (χ2v) is 5.60. The van der Waals surface area contributed by atoms with Gasteiger partial charge in [0.15, 0.2) is 11.6 Å². The van der Waals surface area contributed by atoms with E-state index >= 15 is 0 Å². The zero-order valence-electron chi connectivity index (χ0n) is 12.0. The maximum absolute atomic E-state index is 5.46. The highest BCUT2D eigenvalue weighted by Crippen LogP contribution is 2.29. The Morgan fingerprint density at radius 2 is 2.10 bits per heavy atom. The van der Waals surface area contributed by atoms with E-state index in [0.29, 0.717) is 12.2 Å². The van der Waals surface area contributed by atoms with Crippen LogP contribution in [0.3, 0.4) is 0 Å². The monoisotopic (exact) mass is 300 g/mol. The predicted octanol–water partition coefficient (Wildman–Crippen LogP) is 3.12. The molecule has 2 heterocycles. The summed E-state index contributed by atoms with van der Waals surface area (Å²) in [7, 11) is 1.64. The molecule has 0 atom stereocenters. The van der Waals surface area contributed by atoms with Gasteiger partial charge in [-0.3, -0.25) is 0 Å². The summed E-state index contributed by atoms with van der Waals surface area (Å²) in [4.78, 5) is 13.2. The van der Waals surface area contributed by atoms with Gasteiger partial charge in [-0.05, 0) is 19.1 Å². The van der Waals surface area contributed by atoms with E-state index in [1.165, 1.54) is 4.70 Å². The molecular formula is C15H16N4OS. The minimum atomic E-state index is 0.642. The van der Waals surface area contributed by atoms with Gasteiger partial charge in [-0.2, -0.15) is 0 Å². The summed E-state index contributed by atoms with van der Waals surface area (Å²) >= 11 is 1.68. The zero-order valence-corrected chi connectivity index (χ0v) is 12.8. The third-order valence-corrected chi connectivity index (χ3v) is 4.12. The van der Waals surface area contributed by atoms with Crippen LogP contribution in [0.15, 0.2) is 30.6 Å². The number of anilines is 1. The molecule has 1 N–H and O–H groups in total. The predicted molar refractivity (Wildman–Crippen MR) is 85.2 cm³/mol. The minimum Gasteiger partial charge on any atom is -0.491 e. The van der Waals surface area contributed by atoms with E-state index in [0.717, 1.165) is 28.6 Å². The Hall–Kier alpha value is -2.21. The van der Waals surface area contributed by atoms with Crippen LogP contribution in [0.1, 0.15) is 17.6 Å². The molecule has 0 fully saturated rings. The van der Waals surface area contributed by atoms with Gasteiger partial charge in [0.2, 0.25) is 0 Å². The number of hydrogen-bond acceptors (Lipinski definition) is 6. The Bertz CT molecular complexity index is 723. The van der Waals surface area contributed by atoms with E-state index in [1.54, 1.807) is 24.8 Å². The van der Waals surface area contributed by atoms with Gasteiger partial charge in [-0.25, -0.2) is 15.0 Å². The van der Waals surface area contributed by atoms with Gasteiger partial charge in [-0.15, -0.1) is 11.3 Å². The molecule has 0 saturated carbocycles. The van der Waals surface area contributed by atoms with Crippen molar-refractivity contribution in [2.24, 2.45) is 0 Å². The summed E-state index contributed by atoms with van der Waals surface area (Å²) in [6.45, 7) is 2.81. The molecule has 0 aliphatic carbocycles. The highest BCUT2D eigenvalue weighted by atomic mass is 32.1. The SMILES string of the molecule is CCNc1ncnc(Cc2nc3ccccc3s2)c1OC. The van der Waals surface area contributed by atoms with Crippen LogP contribution in [0, 0.1) is 0 Å². The average molecular weight is 300 g/mol. The summed E-state index contributed by atoms with van der Waals surface area (Å²) < 4.78 is 6.65. The van der Waals surface area contributed by atoms with Crippen LogP contribution >= 0.6 is 11.3 Å². The van der Waals surface area contributed by atoms with Crippen molar-refractivity contribution in [2.45, 2.75) is 13.3 Å². The molecule has 1 aromatic carbocycles. The lowest BCUT2D eigenvalue weighted by Gasteiger charge is -2.11. The lowest BCUT2D eigenvalue weighted by atomic mass is 10.2. The van der Waals surface area contributed by atoms with Gasteiger partial charge in [0, 0.05) is 13.0 Å². The van der Waals surface area contributed by atoms with Crippen LogP contribution in [0.4, 0.5) is 5.82 Å². The molecule has 0 spiro atoms. The third kappa shape index (κ3) is 2.80. The van der Waals surface area contributed by atoms with Gasteiger partial charge in [0.1, 0.15) is 6.33 Å². The molecule has 0 radical (unpaired) electrons. The fraction of sp³-hybridized carbons (Fsp3) is 0.267. The van der Waals surface area contributed by atoms with Crippen LogP contribution in [-0.2, 0) is 6.42 Å². The van der Waals surface area contributed by atoms with Crippen LogP contribution in [0.2, 0.25) is 0 Å². The smallest absolute Gasteiger partial charge is 0.183 e. The molecule has 3 rings (SSSR count). The molecule has 5 nitrogen and oxygen atoms in total. The van der Waals surface area contributed by atoms with Gasteiger partial charge >= 0.3 is 0 Å². The number of thiazole rings is 1. The summed E-state index contributed by atoms with van der Waals surface area (Å²) in [5, 5.41) is 4.21. The minimum absolute atomic E-state index is 0.642. The van der Waals surface area contributed by atoms with Gasteiger partial charge in [0.25, 0.3) is 0 Å². The van der Waals surface area contributed by atoms with Crippen molar-refractivity contribution in [3.63, 3.8) is 0 Å². The second-order valence-electron chi connectivity index (χ2n) is 4.48. The fourth-order valence-electron chi connectivity index (χ4n) is 2.18. The average Bonchev–Trinajstić information content (AvgIpc) is 2.90. The summed E-state index contributed by atoms with van der Waals surface area (Å²) in [6.07, 6.45) is 2.20. The lowest BCUT2D eigenvalue weighted by molar-refractivity contribution is 0.407. The first kappa shape index (κ1) is 13.8. The Kier molecular flexibility index (Phi) is 3.96. The number of para-hydroxylation sites is 1. The first-order valence-corrected chi connectivity index (χ1v) is 7.59. The molecule has 0 amide bonds. The first-order valence-electron chi connectivity index (χ1n) is 6.78. The maximum Gasteiger partial charge on any atom is 0.183 e.